The highest BCUT2D eigenvalue weighted by atomic mass is 13.4. The zero-order chi connectivity index (χ0) is 10.8. The minimum absolute atomic E-state index is 1.25. The van der Waals surface area contributed by atoms with Gasteiger partial charge in [0.25, 0.3) is 0 Å². The molecule has 0 heterocycles. The van der Waals surface area contributed by atoms with E-state index >= 15 is 0 Å². The van der Waals surface area contributed by atoms with E-state index in [1.807, 2.05) is 6.92 Å². The normalized spacial score (nSPS) is 4.58. The molecule has 0 aromatic carbocycles. The molecule has 0 rings (SSSR count). The van der Waals surface area contributed by atoms with E-state index in [0.717, 1.165) is 0 Å². The van der Waals surface area contributed by atoms with Crippen LogP contribution in [0.3, 0.4) is 0 Å². The van der Waals surface area contributed by atoms with Crippen molar-refractivity contribution in [1.82, 2.24) is 0 Å². The molecule has 72 valence electrons. The van der Waals surface area contributed by atoms with E-state index in [-0.39, 0.29) is 0 Å². The Labute approximate surface area is 79.0 Å². The summed E-state index contributed by atoms with van der Waals surface area (Å²) in [6.07, 6.45) is 6.28. The maximum Gasteiger partial charge on any atom is -0.0473 e. The zero-order valence-electron chi connectivity index (χ0n) is 8.97. The predicted octanol–water partition coefficient (Wildman–Crippen LogP) is 4.77. The van der Waals surface area contributed by atoms with E-state index in [9.17, 15) is 0 Å². The van der Waals surface area contributed by atoms with Gasteiger partial charge in [-0.2, -0.15) is 0 Å². The van der Waals surface area contributed by atoms with Crippen LogP contribution in [0.2, 0.25) is 0 Å². The lowest BCUT2D eigenvalue weighted by Gasteiger charge is -1.48. The molecule has 0 unspecified atom stereocenters. The third-order valence-electron chi connectivity index (χ3n) is 0.167. The first-order valence-electron chi connectivity index (χ1n) is 4.05. The van der Waals surface area contributed by atoms with Crippen LogP contribution in [-0.2, 0) is 0 Å². The van der Waals surface area contributed by atoms with Crippen molar-refractivity contribution in [2.75, 3.05) is 0 Å². The molecule has 0 aliphatic rings. The van der Waals surface area contributed by atoms with E-state index in [2.05, 4.69) is 46.7 Å². The first-order valence-corrected chi connectivity index (χ1v) is 4.05. The predicted molar refractivity (Wildman–Crippen MR) is 63.5 cm³/mol. The van der Waals surface area contributed by atoms with E-state index in [1.165, 1.54) is 6.42 Å². The summed E-state index contributed by atoms with van der Waals surface area (Å²) in [6.45, 7) is 22.2. The lowest BCUT2D eigenvalue weighted by atomic mass is 10.6. The van der Waals surface area contributed by atoms with Crippen molar-refractivity contribution in [2.24, 2.45) is 0 Å². The molecule has 0 heteroatoms. The Morgan fingerprint density at radius 2 is 1.00 bits per heavy atom. The van der Waals surface area contributed by atoms with Crippen LogP contribution < -0.4 is 0 Å². The summed E-state index contributed by atoms with van der Waals surface area (Å²) >= 11 is 0. The van der Waals surface area contributed by atoms with Crippen LogP contribution in [0.15, 0.2) is 51.1 Å². The molecule has 12 heavy (non-hydrogen) atoms. The summed E-state index contributed by atoms with van der Waals surface area (Å²) < 4.78 is 0. The van der Waals surface area contributed by atoms with Gasteiger partial charge in [-0.25, -0.2) is 0 Å². The molecule has 0 aromatic heterocycles. The Morgan fingerprint density at radius 1 is 0.917 bits per heavy atom. The van der Waals surface area contributed by atoms with Gasteiger partial charge in [0.05, 0.1) is 0 Å². The molecule has 0 amide bonds. The summed E-state index contributed by atoms with van der Waals surface area (Å²) in [7, 11) is 0. The standard InChI is InChI=1S/C4H6.C3H8.C3H6.C2H4/c1-3-4-2;2*1-3-2;1-2/h3-4H,1-2H2;3H2,1-2H3;3H,1H2,2H3;1-2H2. The molecule has 0 atom stereocenters. The highest BCUT2D eigenvalue weighted by molar-refractivity contribution is 4.88. The monoisotopic (exact) mass is 168 g/mol. The highest BCUT2D eigenvalue weighted by Gasteiger charge is 1.35. The van der Waals surface area contributed by atoms with Crippen LogP contribution >= 0.6 is 0 Å². The van der Waals surface area contributed by atoms with Crippen LogP contribution in [0.1, 0.15) is 27.2 Å². The molecule has 0 aliphatic carbocycles. The van der Waals surface area contributed by atoms with Crippen molar-refractivity contribution in [3.63, 3.8) is 0 Å². The molecular formula is C12H24. The third kappa shape index (κ3) is 355000. The van der Waals surface area contributed by atoms with Crippen LogP contribution in [0.4, 0.5) is 0 Å². The molecule has 0 saturated carbocycles. The second-order valence-electron chi connectivity index (χ2n) is 1.59. The number of rotatable bonds is 1. The number of hydrogen-bond acceptors (Lipinski definition) is 0. The fraction of sp³-hybridized carbons (Fsp3) is 0.333. The summed E-state index contributed by atoms with van der Waals surface area (Å²) in [5.74, 6) is 0. The molecule has 0 N–H and O–H groups in total. The van der Waals surface area contributed by atoms with Gasteiger partial charge in [-0.1, -0.05) is 51.7 Å². The first kappa shape index (κ1) is 22.4. The molecule has 0 bridgehead atoms. The molecule has 0 radical (unpaired) electrons. The van der Waals surface area contributed by atoms with Gasteiger partial charge in [0, 0.05) is 0 Å². The summed E-state index contributed by atoms with van der Waals surface area (Å²) in [5, 5.41) is 0. The van der Waals surface area contributed by atoms with Crippen LogP contribution in [0.5, 0.6) is 0 Å². The Hall–Kier alpha value is -1.04. The SMILES string of the molecule is C=C.C=CC.C=CC=C.CCC. The second-order valence-corrected chi connectivity index (χ2v) is 1.59. The van der Waals surface area contributed by atoms with Gasteiger partial charge in [-0.15, -0.1) is 19.7 Å². The smallest absolute Gasteiger partial charge is 0.0473 e. The molecule has 0 saturated heterocycles. The number of allylic oxidation sites excluding steroid dienone is 3. The van der Waals surface area contributed by atoms with Gasteiger partial charge in [0.2, 0.25) is 0 Å². The first-order chi connectivity index (χ1) is 5.74. The van der Waals surface area contributed by atoms with E-state index in [4.69, 9.17) is 0 Å². The summed E-state index contributed by atoms with van der Waals surface area (Å²) in [4.78, 5) is 0. The summed E-state index contributed by atoms with van der Waals surface area (Å²) in [5.41, 5.74) is 0. The Morgan fingerprint density at radius 3 is 1.00 bits per heavy atom. The maximum atomic E-state index is 3.36. The van der Waals surface area contributed by atoms with Gasteiger partial charge >= 0.3 is 0 Å². The lowest BCUT2D eigenvalue weighted by Crippen LogP contribution is -1.27. The van der Waals surface area contributed by atoms with Gasteiger partial charge in [-0.3, -0.25) is 0 Å². The quantitative estimate of drug-likeness (QED) is 0.391. The molecule has 0 nitrogen and oxygen atoms in total. The van der Waals surface area contributed by atoms with Crippen LogP contribution in [0.25, 0.3) is 0 Å². The third-order valence-corrected chi connectivity index (χ3v) is 0.167. The minimum atomic E-state index is 1.25. The Bertz CT molecular complexity index is 64.1. The number of hydrogen-bond donors (Lipinski definition) is 0. The lowest BCUT2D eigenvalue weighted by molar-refractivity contribution is 1.09. The topological polar surface area (TPSA) is 0 Å². The fourth-order valence-corrected chi connectivity index (χ4v) is 0. The van der Waals surface area contributed by atoms with E-state index < -0.39 is 0 Å². The molecular weight excluding hydrogens is 144 g/mol. The summed E-state index contributed by atoms with van der Waals surface area (Å²) in [6, 6.07) is 0. The average molecular weight is 168 g/mol. The maximum absolute atomic E-state index is 3.36. The molecule has 0 spiro atoms. The van der Waals surface area contributed by atoms with E-state index in [1.54, 1.807) is 18.2 Å². The van der Waals surface area contributed by atoms with Crippen molar-refractivity contribution < 1.29 is 0 Å². The van der Waals surface area contributed by atoms with Crippen molar-refractivity contribution >= 4 is 0 Å². The van der Waals surface area contributed by atoms with Gasteiger partial charge in [0.1, 0.15) is 0 Å². The minimum Gasteiger partial charge on any atom is -0.106 e. The van der Waals surface area contributed by atoms with E-state index in [0.29, 0.717) is 0 Å². The van der Waals surface area contributed by atoms with Gasteiger partial charge in [-0.05, 0) is 6.92 Å². The van der Waals surface area contributed by atoms with Gasteiger partial charge in [0.15, 0.2) is 0 Å². The molecule has 0 aromatic rings. The second kappa shape index (κ2) is 91.3. The Balaban J connectivity index is -0.0000000368. The van der Waals surface area contributed by atoms with Crippen molar-refractivity contribution in [3.05, 3.63) is 51.1 Å². The molecule has 0 fully saturated rings. The van der Waals surface area contributed by atoms with Crippen LogP contribution in [0, 0.1) is 0 Å². The van der Waals surface area contributed by atoms with Gasteiger partial charge < -0.3 is 0 Å². The van der Waals surface area contributed by atoms with Crippen molar-refractivity contribution in [3.8, 4) is 0 Å². The fourth-order valence-electron chi connectivity index (χ4n) is 0. The zero-order valence-corrected chi connectivity index (χ0v) is 8.97. The van der Waals surface area contributed by atoms with Crippen LogP contribution in [-0.4, -0.2) is 0 Å². The Kier molecular flexibility index (Phi) is 171. The largest absolute Gasteiger partial charge is 0.106 e. The molecule has 0 aliphatic heterocycles. The highest BCUT2D eigenvalue weighted by Crippen LogP contribution is 1.56. The van der Waals surface area contributed by atoms with Crippen molar-refractivity contribution in [2.45, 2.75) is 27.2 Å². The average Bonchev–Trinajstić information content (AvgIpc) is 2.10. The van der Waals surface area contributed by atoms with Crippen molar-refractivity contribution in [1.29, 1.82) is 0 Å².